The van der Waals surface area contributed by atoms with Crippen molar-refractivity contribution in [2.24, 2.45) is 0 Å². The SMILES string of the molecule is Cc1cc(-c2ccnc3cc(Br)nn23)ccc1CNC(=O)O. The van der Waals surface area contributed by atoms with Gasteiger partial charge >= 0.3 is 6.09 Å². The third-order valence-electron chi connectivity index (χ3n) is 3.40. The van der Waals surface area contributed by atoms with Crippen LogP contribution >= 0.6 is 15.9 Å². The summed E-state index contributed by atoms with van der Waals surface area (Å²) >= 11 is 3.36. The van der Waals surface area contributed by atoms with Crippen LogP contribution in [-0.4, -0.2) is 25.8 Å². The Kier molecular flexibility index (Phi) is 3.81. The fraction of sp³-hybridized carbons (Fsp3) is 0.133. The topological polar surface area (TPSA) is 79.5 Å². The number of benzene rings is 1. The number of aryl methyl sites for hydroxylation is 1. The van der Waals surface area contributed by atoms with E-state index in [-0.39, 0.29) is 0 Å². The molecule has 112 valence electrons. The van der Waals surface area contributed by atoms with Crippen molar-refractivity contribution in [3.05, 3.63) is 52.3 Å². The molecule has 0 unspecified atom stereocenters. The first-order valence-electron chi connectivity index (χ1n) is 6.61. The van der Waals surface area contributed by atoms with Crippen molar-refractivity contribution < 1.29 is 9.90 Å². The zero-order valence-corrected chi connectivity index (χ0v) is 13.3. The van der Waals surface area contributed by atoms with E-state index >= 15 is 0 Å². The second-order valence-corrected chi connectivity index (χ2v) is 5.68. The smallest absolute Gasteiger partial charge is 0.404 e. The average molecular weight is 361 g/mol. The van der Waals surface area contributed by atoms with Crippen LogP contribution in [0.4, 0.5) is 4.79 Å². The lowest BCUT2D eigenvalue weighted by Gasteiger charge is -2.10. The first-order chi connectivity index (χ1) is 10.5. The van der Waals surface area contributed by atoms with Gasteiger partial charge in [-0.3, -0.25) is 0 Å². The van der Waals surface area contributed by atoms with E-state index in [4.69, 9.17) is 5.11 Å². The number of nitrogens with one attached hydrogen (secondary N) is 1. The first-order valence-corrected chi connectivity index (χ1v) is 7.41. The highest BCUT2D eigenvalue weighted by molar-refractivity contribution is 9.10. The summed E-state index contributed by atoms with van der Waals surface area (Å²) < 4.78 is 2.50. The highest BCUT2D eigenvalue weighted by atomic mass is 79.9. The molecule has 1 aromatic carbocycles. The van der Waals surface area contributed by atoms with Gasteiger partial charge in [-0.05, 0) is 46.1 Å². The molecule has 0 saturated heterocycles. The number of halogens is 1. The van der Waals surface area contributed by atoms with Crippen molar-refractivity contribution in [3.63, 3.8) is 0 Å². The quantitative estimate of drug-likeness (QED) is 0.751. The molecule has 0 radical (unpaired) electrons. The molecule has 7 heteroatoms. The number of carbonyl (C=O) groups is 1. The van der Waals surface area contributed by atoms with E-state index in [1.54, 1.807) is 10.7 Å². The number of hydrogen-bond acceptors (Lipinski definition) is 3. The van der Waals surface area contributed by atoms with E-state index in [1.165, 1.54) is 0 Å². The summed E-state index contributed by atoms with van der Waals surface area (Å²) in [6.07, 6.45) is 0.717. The van der Waals surface area contributed by atoms with E-state index in [0.717, 1.165) is 32.6 Å². The number of fused-ring (bicyclic) bond motifs is 1. The van der Waals surface area contributed by atoms with Crippen LogP contribution in [0, 0.1) is 6.92 Å². The Morgan fingerprint density at radius 2 is 2.18 bits per heavy atom. The summed E-state index contributed by atoms with van der Waals surface area (Å²) in [5.41, 5.74) is 4.65. The van der Waals surface area contributed by atoms with Gasteiger partial charge < -0.3 is 10.4 Å². The molecule has 2 aromatic heterocycles. The number of nitrogens with zero attached hydrogens (tertiary/aromatic N) is 3. The molecule has 0 atom stereocenters. The third-order valence-corrected chi connectivity index (χ3v) is 3.78. The molecule has 22 heavy (non-hydrogen) atoms. The zero-order chi connectivity index (χ0) is 15.7. The highest BCUT2D eigenvalue weighted by Crippen LogP contribution is 2.23. The van der Waals surface area contributed by atoms with Crippen molar-refractivity contribution in [3.8, 4) is 11.3 Å². The van der Waals surface area contributed by atoms with E-state index in [0.29, 0.717) is 6.54 Å². The van der Waals surface area contributed by atoms with Gasteiger partial charge in [-0.25, -0.2) is 14.3 Å². The minimum Gasteiger partial charge on any atom is -0.465 e. The maximum atomic E-state index is 10.6. The number of carboxylic acid groups (broad SMARTS) is 1. The van der Waals surface area contributed by atoms with Crippen LogP contribution < -0.4 is 5.32 Å². The molecule has 0 aliphatic carbocycles. The van der Waals surface area contributed by atoms with Gasteiger partial charge in [-0.1, -0.05) is 12.1 Å². The highest BCUT2D eigenvalue weighted by Gasteiger charge is 2.09. The Hall–Kier alpha value is -2.41. The van der Waals surface area contributed by atoms with Gasteiger partial charge in [0.25, 0.3) is 0 Å². The molecule has 3 aromatic rings. The molecule has 1 amide bonds. The summed E-state index contributed by atoms with van der Waals surface area (Å²) in [6, 6.07) is 9.64. The van der Waals surface area contributed by atoms with Crippen LogP contribution in [0.5, 0.6) is 0 Å². The molecule has 0 aliphatic heterocycles. The van der Waals surface area contributed by atoms with Crippen molar-refractivity contribution in [2.45, 2.75) is 13.5 Å². The van der Waals surface area contributed by atoms with Crippen LogP contribution in [0.1, 0.15) is 11.1 Å². The van der Waals surface area contributed by atoms with Crippen LogP contribution in [-0.2, 0) is 6.54 Å². The molecule has 0 bridgehead atoms. The average Bonchev–Trinajstić information content (AvgIpc) is 2.85. The number of hydrogen-bond donors (Lipinski definition) is 2. The fourth-order valence-electron chi connectivity index (χ4n) is 2.31. The van der Waals surface area contributed by atoms with Gasteiger partial charge in [0.15, 0.2) is 5.65 Å². The Morgan fingerprint density at radius 1 is 1.36 bits per heavy atom. The normalized spacial score (nSPS) is 10.8. The van der Waals surface area contributed by atoms with Crippen molar-refractivity contribution in [1.29, 1.82) is 0 Å². The molecule has 0 spiro atoms. The van der Waals surface area contributed by atoms with E-state index in [2.05, 4.69) is 31.3 Å². The van der Waals surface area contributed by atoms with Crippen LogP contribution in [0.15, 0.2) is 41.1 Å². The molecular weight excluding hydrogens is 348 g/mol. The van der Waals surface area contributed by atoms with E-state index in [1.807, 2.05) is 37.3 Å². The third kappa shape index (κ3) is 2.80. The predicted molar refractivity (Wildman–Crippen MR) is 85.7 cm³/mol. The van der Waals surface area contributed by atoms with Crippen LogP contribution in [0.2, 0.25) is 0 Å². The Balaban J connectivity index is 2.00. The molecule has 0 aliphatic rings. The lowest BCUT2D eigenvalue weighted by atomic mass is 10.0. The molecule has 2 N–H and O–H groups in total. The maximum absolute atomic E-state index is 10.6. The van der Waals surface area contributed by atoms with Crippen molar-refractivity contribution >= 4 is 27.7 Å². The number of rotatable bonds is 3. The Morgan fingerprint density at radius 3 is 2.91 bits per heavy atom. The van der Waals surface area contributed by atoms with Crippen LogP contribution in [0.3, 0.4) is 0 Å². The summed E-state index contributed by atoms with van der Waals surface area (Å²) in [5.74, 6) is 0. The van der Waals surface area contributed by atoms with Gasteiger partial charge in [0.05, 0.1) is 5.69 Å². The van der Waals surface area contributed by atoms with Gasteiger partial charge in [-0.2, -0.15) is 5.10 Å². The molecule has 0 saturated carbocycles. The predicted octanol–water partition coefficient (Wildman–Crippen LogP) is 3.23. The van der Waals surface area contributed by atoms with Crippen LogP contribution in [0.25, 0.3) is 16.9 Å². The van der Waals surface area contributed by atoms with E-state index < -0.39 is 6.09 Å². The van der Waals surface area contributed by atoms with Gasteiger partial charge in [0.1, 0.15) is 4.60 Å². The standard InChI is InChI=1S/C15H13BrN4O2/c1-9-6-10(2-3-11(9)8-18-15(21)22)12-4-5-17-14-7-13(16)19-20(12)14/h2-7,18H,8H2,1H3,(H,21,22). The minimum absolute atomic E-state index is 0.292. The van der Waals surface area contributed by atoms with Gasteiger partial charge in [-0.15, -0.1) is 0 Å². The van der Waals surface area contributed by atoms with Gasteiger partial charge in [0.2, 0.25) is 0 Å². The Labute approximate surface area is 134 Å². The summed E-state index contributed by atoms with van der Waals surface area (Å²) in [5, 5.41) is 15.4. The molecule has 3 rings (SSSR count). The second kappa shape index (κ2) is 5.76. The fourth-order valence-corrected chi connectivity index (χ4v) is 2.67. The Bertz CT molecular complexity index is 860. The largest absolute Gasteiger partial charge is 0.465 e. The zero-order valence-electron chi connectivity index (χ0n) is 11.7. The second-order valence-electron chi connectivity index (χ2n) is 4.87. The molecule has 0 fully saturated rings. The monoisotopic (exact) mass is 360 g/mol. The van der Waals surface area contributed by atoms with Gasteiger partial charge in [0, 0.05) is 24.4 Å². The van der Waals surface area contributed by atoms with E-state index in [9.17, 15) is 4.79 Å². The number of aromatic nitrogens is 3. The molecule has 6 nitrogen and oxygen atoms in total. The van der Waals surface area contributed by atoms with Crippen molar-refractivity contribution in [2.75, 3.05) is 0 Å². The lowest BCUT2D eigenvalue weighted by Crippen LogP contribution is -2.20. The minimum atomic E-state index is -1.03. The summed E-state index contributed by atoms with van der Waals surface area (Å²) in [4.78, 5) is 14.9. The van der Waals surface area contributed by atoms with Crippen molar-refractivity contribution in [1.82, 2.24) is 19.9 Å². The first kappa shape index (κ1) is 14.5. The molecule has 2 heterocycles. The molecular formula is C15H13BrN4O2. The maximum Gasteiger partial charge on any atom is 0.404 e. The summed E-state index contributed by atoms with van der Waals surface area (Å²) in [6.45, 7) is 2.25. The lowest BCUT2D eigenvalue weighted by molar-refractivity contribution is 0.194. The number of amides is 1. The summed E-state index contributed by atoms with van der Waals surface area (Å²) in [7, 11) is 0.